The molecule has 0 saturated carbocycles. The molecule has 1 aromatic rings. The second-order valence-electron chi connectivity index (χ2n) is 4.10. The summed E-state index contributed by atoms with van der Waals surface area (Å²) in [5.41, 5.74) is 6.71. The highest BCUT2D eigenvalue weighted by Gasteiger charge is 2.26. The number of nitrogens with two attached hydrogens (primary N) is 1. The molecule has 2 unspecified atom stereocenters. The Morgan fingerprint density at radius 2 is 2.07 bits per heavy atom. The minimum Gasteiger partial charge on any atom is -0.323 e. The predicted molar refractivity (Wildman–Crippen MR) is 61.1 cm³/mol. The Balaban J connectivity index is 2.92. The normalized spacial score (nSPS) is 18.6. The highest BCUT2D eigenvalue weighted by Crippen LogP contribution is 2.30. The van der Waals surface area contributed by atoms with Crippen molar-refractivity contribution in [2.45, 2.75) is 19.9 Å². The smallest absolute Gasteiger partial charge is 0.122 e. The van der Waals surface area contributed by atoms with E-state index in [0.29, 0.717) is 0 Å². The van der Waals surface area contributed by atoms with Crippen LogP contribution < -0.4 is 11.0 Å². The summed E-state index contributed by atoms with van der Waals surface area (Å²) in [6.45, 7) is 3.20. The molecule has 2 heteroatoms. The lowest BCUT2D eigenvalue weighted by molar-refractivity contribution is 0.282. The first-order chi connectivity index (χ1) is 7.37. The standard InChI is InChI=1S/C12H20N2/c1-12(2,9-14-3)11(13)10-7-5-4-6-8-10/h4-8,11,14H,9,13H2,1-3H3/i9D/hD. The molecule has 78 valence electrons. The zero-order chi connectivity index (χ0) is 12.3. The fourth-order valence-electron chi connectivity index (χ4n) is 1.50. The Kier molecular flexibility index (Phi) is 2.76. The van der Waals surface area contributed by atoms with E-state index in [2.05, 4.69) is 0 Å². The van der Waals surface area contributed by atoms with E-state index in [1.54, 1.807) is 7.05 Å². The Bertz CT molecular complexity index is 325. The molecule has 2 atom stereocenters. The molecule has 1 aromatic carbocycles. The van der Waals surface area contributed by atoms with Gasteiger partial charge in [-0.05, 0) is 18.0 Å². The number of benzene rings is 1. The quantitative estimate of drug-likeness (QED) is 0.768. The molecule has 2 nitrogen and oxygen atoms in total. The van der Waals surface area contributed by atoms with Gasteiger partial charge in [0.1, 0.15) is 1.41 Å². The molecule has 0 aromatic heterocycles. The lowest BCUT2D eigenvalue weighted by atomic mass is 9.81. The average Bonchev–Trinajstić information content (AvgIpc) is 2.28. The summed E-state index contributed by atoms with van der Waals surface area (Å²) in [6, 6.07) is 9.50. The predicted octanol–water partition coefficient (Wildman–Crippen LogP) is 1.93. The summed E-state index contributed by atoms with van der Waals surface area (Å²) in [7, 11) is 1.58. The minimum absolute atomic E-state index is 0.246. The third kappa shape index (κ3) is 2.56. The Labute approximate surface area is 89.4 Å². The van der Waals surface area contributed by atoms with Crippen molar-refractivity contribution in [3.63, 3.8) is 0 Å². The summed E-state index contributed by atoms with van der Waals surface area (Å²) < 4.78 is 15.5. The summed E-state index contributed by atoms with van der Waals surface area (Å²) >= 11 is 0. The van der Waals surface area contributed by atoms with E-state index >= 15 is 0 Å². The van der Waals surface area contributed by atoms with Gasteiger partial charge >= 0.3 is 0 Å². The van der Waals surface area contributed by atoms with E-state index in [9.17, 15) is 0 Å². The van der Waals surface area contributed by atoms with Crippen molar-refractivity contribution in [2.75, 3.05) is 13.6 Å². The number of nitrogens with one attached hydrogen (secondary N) is 1. The molecule has 0 heterocycles. The van der Waals surface area contributed by atoms with Crippen LogP contribution in [0.15, 0.2) is 30.3 Å². The van der Waals surface area contributed by atoms with Crippen molar-refractivity contribution >= 4 is 0 Å². The van der Waals surface area contributed by atoms with Gasteiger partial charge in [0.25, 0.3) is 0 Å². The first-order valence-corrected chi connectivity index (χ1v) is 4.82. The van der Waals surface area contributed by atoms with Crippen LogP contribution in [0.4, 0.5) is 0 Å². The topological polar surface area (TPSA) is 38.0 Å². The van der Waals surface area contributed by atoms with E-state index in [1.165, 1.54) is 0 Å². The van der Waals surface area contributed by atoms with Crippen molar-refractivity contribution in [3.05, 3.63) is 35.9 Å². The van der Waals surface area contributed by atoms with Crippen LogP contribution in [0.1, 0.15) is 26.8 Å². The van der Waals surface area contributed by atoms with Crippen molar-refractivity contribution < 1.29 is 2.78 Å². The fourth-order valence-corrected chi connectivity index (χ4v) is 1.50. The molecule has 0 spiro atoms. The zero-order valence-electron chi connectivity index (χ0n) is 11.1. The van der Waals surface area contributed by atoms with Crippen LogP contribution in [-0.4, -0.2) is 13.6 Å². The Morgan fingerprint density at radius 3 is 2.57 bits per heavy atom. The molecular weight excluding hydrogens is 172 g/mol. The van der Waals surface area contributed by atoms with E-state index in [1.807, 2.05) is 44.2 Å². The molecule has 0 radical (unpaired) electrons. The van der Waals surface area contributed by atoms with Gasteiger partial charge in [0.2, 0.25) is 0 Å². The van der Waals surface area contributed by atoms with Crippen molar-refractivity contribution in [2.24, 2.45) is 11.1 Å². The van der Waals surface area contributed by atoms with Gasteiger partial charge in [-0.15, -0.1) is 0 Å². The molecule has 14 heavy (non-hydrogen) atoms. The highest BCUT2D eigenvalue weighted by atomic mass is 14.8. The fraction of sp³-hybridized carbons (Fsp3) is 0.500. The van der Waals surface area contributed by atoms with Crippen LogP contribution in [0.5, 0.6) is 0 Å². The van der Waals surface area contributed by atoms with Gasteiger partial charge in [-0.25, -0.2) is 0 Å². The largest absolute Gasteiger partial charge is 0.323 e. The molecule has 3 N–H and O–H groups in total. The summed E-state index contributed by atoms with van der Waals surface area (Å²) in [6.07, 6.45) is 0. The van der Waals surface area contributed by atoms with E-state index in [0.717, 1.165) is 10.9 Å². The van der Waals surface area contributed by atoms with Gasteiger partial charge in [-0.2, -0.15) is 0 Å². The highest BCUT2D eigenvalue weighted by molar-refractivity contribution is 5.20. The van der Waals surface area contributed by atoms with Gasteiger partial charge in [-0.3, -0.25) is 0 Å². The SMILES string of the molecule is [2H]C(N([2H])C)C(C)(C)C(N)c1ccccc1. The van der Waals surface area contributed by atoms with Gasteiger partial charge in [0.15, 0.2) is 0 Å². The first-order valence-electron chi connectivity index (χ1n) is 5.84. The molecule has 0 fully saturated rings. The maximum absolute atomic E-state index is 7.97. The Hall–Kier alpha value is -0.860. The molecule has 1 rings (SSSR count). The third-order valence-electron chi connectivity index (χ3n) is 2.42. The lowest BCUT2D eigenvalue weighted by Gasteiger charge is -2.31. The summed E-state index contributed by atoms with van der Waals surface area (Å²) in [4.78, 5) is 0. The van der Waals surface area contributed by atoms with Crippen LogP contribution in [-0.2, 0) is 0 Å². The van der Waals surface area contributed by atoms with E-state index in [-0.39, 0.29) is 6.04 Å². The summed E-state index contributed by atoms with van der Waals surface area (Å²) in [5, 5.41) is 1.14. The molecular formula is C12H20N2. The molecule has 0 aliphatic carbocycles. The van der Waals surface area contributed by atoms with Crippen LogP contribution in [0, 0.1) is 5.41 Å². The lowest BCUT2D eigenvalue weighted by Crippen LogP contribution is -2.37. The molecule has 0 amide bonds. The second-order valence-corrected chi connectivity index (χ2v) is 4.10. The van der Waals surface area contributed by atoms with E-state index in [4.69, 9.17) is 8.52 Å². The Morgan fingerprint density at radius 1 is 1.50 bits per heavy atom. The van der Waals surface area contributed by atoms with Crippen molar-refractivity contribution in [3.8, 4) is 0 Å². The van der Waals surface area contributed by atoms with Crippen molar-refractivity contribution in [1.29, 1.82) is 0 Å². The first kappa shape index (κ1) is 8.45. The monoisotopic (exact) mass is 194 g/mol. The van der Waals surface area contributed by atoms with Gasteiger partial charge < -0.3 is 11.0 Å². The molecule has 0 aliphatic rings. The molecule has 0 aliphatic heterocycles. The van der Waals surface area contributed by atoms with Crippen LogP contribution in [0.3, 0.4) is 0 Å². The minimum atomic E-state index is -0.650. The van der Waals surface area contributed by atoms with Gasteiger partial charge in [0.05, 0.1) is 0 Å². The second kappa shape index (κ2) is 4.58. The van der Waals surface area contributed by atoms with Crippen LogP contribution in [0.2, 0.25) is 1.41 Å². The maximum Gasteiger partial charge on any atom is 0.122 e. The van der Waals surface area contributed by atoms with E-state index < -0.39 is 11.9 Å². The van der Waals surface area contributed by atoms with Crippen molar-refractivity contribution in [1.82, 2.24) is 5.31 Å². The van der Waals surface area contributed by atoms with Gasteiger partial charge in [0, 0.05) is 13.9 Å². The van der Waals surface area contributed by atoms with Gasteiger partial charge in [-0.1, -0.05) is 44.2 Å². The zero-order valence-corrected chi connectivity index (χ0v) is 9.07. The maximum atomic E-state index is 7.97. The van der Waals surface area contributed by atoms with Crippen LogP contribution >= 0.6 is 0 Å². The summed E-state index contributed by atoms with van der Waals surface area (Å²) in [5.74, 6) is 0. The molecule has 0 saturated heterocycles. The third-order valence-corrected chi connectivity index (χ3v) is 2.42. The average molecular weight is 194 g/mol. The number of rotatable bonds is 4. The number of hydrogen-bond acceptors (Lipinski definition) is 2. The van der Waals surface area contributed by atoms with Crippen LogP contribution in [0.25, 0.3) is 0 Å². The number of hydrogen-bond donors (Lipinski definition) is 2. The molecule has 0 bridgehead atoms.